The predicted molar refractivity (Wildman–Crippen MR) is 112 cm³/mol. The largest absolute Gasteiger partial charge is 0.490 e. The highest BCUT2D eigenvalue weighted by Gasteiger charge is 2.32. The van der Waals surface area contributed by atoms with Gasteiger partial charge in [0, 0.05) is 5.70 Å². The fourth-order valence-corrected chi connectivity index (χ4v) is 3.25. The molecule has 30 heavy (non-hydrogen) atoms. The topological polar surface area (TPSA) is 85.9 Å². The van der Waals surface area contributed by atoms with Crippen LogP contribution in [0.4, 0.5) is 4.79 Å². The van der Waals surface area contributed by atoms with Crippen molar-refractivity contribution in [1.29, 1.82) is 0 Å². The molecule has 1 atom stereocenters. The molecule has 0 bridgehead atoms. The van der Waals surface area contributed by atoms with Gasteiger partial charge in [-0.25, -0.2) is 9.59 Å². The SMILES string of the molecule is CCOC(=O)C1=C(C)NC(=O)N[C@H]1c1ccc(OCc2ccccc2)c(OCC)c1. The molecule has 2 N–H and O–H groups in total. The third-order valence-electron chi connectivity index (χ3n) is 4.60. The maximum absolute atomic E-state index is 12.5. The minimum atomic E-state index is -0.653. The van der Waals surface area contributed by atoms with Gasteiger partial charge >= 0.3 is 12.0 Å². The molecule has 1 heterocycles. The van der Waals surface area contributed by atoms with Crippen LogP contribution in [0.1, 0.15) is 37.9 Å². The van der Waals surface area contributed by atoms with Gasteiger partial charge in [0.05, 0.1) is 24.8 Å². The summed E-state index contributed by atoms with van der Waals surface area (Å²) in [5.41, 5.74) is 2.56. The van der Waals surface area contributed by atoms with E-state index in [2.05, 4.69) is 10.6 Å². The molecule has 1 aliphatic rings. The number of benzene rings is 2. The van der Waals surface area contributed by atoms with E-state index in [0.29, 0.717) is 41.5 Å². The Morgan fingerprint density at radius 2 is 1.77 bits per heavy atom. The number of allylic oxidation sites excluding steroid dienone is 1. The van der Waals surface area contributed by atoms with Crippen LogP contribution in [0.25, 0.3) is 0 Å². The maximum atomic E-state index is 12.5. The molecule has 0 radical (unpaired) electrons. The Kier molecular flexibility index (Phi) is 6.95. The van der Waals surface area contributed by atoms with Crippen LogP contribution in [-0.4, -0.2) is 25.2 Å². The molecule has 0 fully saturated rings. The average molecular weight is 410 g/mol. The summed E-state index contributed by atoms with van der Waals surface area (Å²) in [4.78, 5) is 24.6. The van der Waals surface area contributed by atoms with Crippen molar-refractivity contribution in [3.05, 3.63) is 70.9 Å². The van der Waals surface area contributed by atoms with Crippen molar-refractivity contribution in [2.75, 3.05) is 13.2 Å². The highest BCUT2D eigenvalue weighted by Crippen LogP contribution is 2.35. The van der Waals surface area contributed by atoms with E-state index in [9.17, 15) is 9.59 Å². The lowest BCUT2D eigenvalue weighted by Gasteiger charge is -2.28. The van der Waals surface area contributed by atoms with E-state index in [0.717, 1.165) is 5.56 Å². The molecule has 2 aromatic rings. The summed E-state index contributed by atoms with van der Waals surface area (Å²) in [6, 6.07) is 14.2. The van der Waals surface area contributed by atoms with Crippen LogP contribution >= 0.6 is 0 Å². The smallest absolute Gasteiger partial charge is 0.338 e. The van der Waals surface area contributed by atoms with Gasteiger partial charge < -0.3 is 24.8 Å². The molecular formula is C23H26N2O5. The second-order valence-electron chi connectivity index (χ2n) is 6.70. The summed E-state index contributed by atoms with van der Waals surface area (Å²) in [6.07, 6.45) is 0. The number of carbonyl (C=O) groups is 2. The standard InChI is InChI=1S/C23H26N2O5/c1-4-28-19-13-17(11-12-18(19)30-14-16-9-7-6-8-10-16)21-20(22(26)29-5-2)15(3)24-23(27)25-21/h6-13,21H,4-5,14H2,1-3H3,(H2,24,25,27)/t21-/m0/s1. The Morgan fingerprint density at radius 1 is 1.00 bits per heavy atom. The molecule has 0 spiro atoms. The van der Waals surface area contributed by atoms with E-state index in [-0.39, 0.29) is 12.6 Å². The molecule has 2 aromatic carbocycles. The third-order valence-corrected chi connectivity index (χ3v) is 4.60. The van der Waals surface area contributed by atoms with Gasteiger partial charge in [-0.1, -0.05) is 36.4 Å². The second kappa shape index (κ2) is 9.82. The first kappa shape index (κ1) is 21.2. The Labute approximate surface area is 176 Å². The summed E-state index contributed by atoms with van der Waals surface area (Å²) in [5, 5.41) is 5.42. The molecule has 0 aromatic heterocycles. The molecule has 7 heteroatoms. The number of ether oxygens (including phenoxy) is 3. The molecular weight excluding hydrogens is 384 g/mol. The summed E-state index contributed by atoms with van der Waals surface area (Å²) < 4.78 is 16.9. The maximum Gasteiger partial charge on any atom is 0.338 e. The number of nitrogens with one attached hydrogen (secondary N) is 2. The molecule has 3 rings (SSSR count). The number of hydrogen-bond acceptors (Lipinski definition) is 5. The Bertz CT molecular complexity index is 940. The monoisotopic (exact) mass is 410 g/mol. The number of esters is 1. The zero-order valence-corrected chi connectivity index (χ0v) is 17.4. The first-order valence-corrected chi connectivity index (χ1v) is 9.92. The average Bonchev–Trinajstić information content (AvgIpc) is 2.73. The lowest BCUT2D eigenvalue weighted by atomic mass is 9.95. The van der Waals surface area contributed by atoms with E-state index in [4.69, 9.17) is 14.2 Å². The number of urea groups is 1. The first-order valence-electron chi connectivity index (χ1n) is 9.92. The Hall–Kier alpha value is -3.48. The number of hydrogen-bond donors (Lipinski definition) is 2. The van der Waals surface area contributed by atoms with E-state index < -0.39 is 12.0 Å². The highest BCUT2D eigenvalue weighted by molar-refractivity contribution is 5.95. The van der Waals surface area contributed by atoms with E-state index in [1.165, 1.54) is 0 Å². The van der Waals surface area contributed by atoms with Crippen LogP contribution in [-0.2, 0) is 16.1 Å². The molecule has 158 valence electrons. The molecule has 0 saturated heterocycles. The van der Waals surface area contributed by atoms with E-state index in [1.807, 2.05) is 43.3 Å². The van der Waals surface area contributed by atoms with Gasteiger partial charge in [0.2, 0.25) is 0 Å². The van der Waals surface area contributed by atoms with Gasteiger partial charge in [0.1, 0.15) is 6.61 Å². The van der Waals surface area contributed by atoms with Gasteiger partial charge in [-0.15, -0.1) is 0 Å². The van der Waals surface area contributed by atoms with Gasteiger partial charge in [-0.3, -0.25) is 0 Å². The fraction of sp³-hybridized carbons (Fsp3) is 0.304. The van der Waals surface area contributed by atoms with Crippen molar-refractivity contribution in [1.82, 2.24) is 10.6 Å². The fourth-order valence-electron chi connectivity index (χ4n) is 3.25. The quantitative estimate of drug-likeness (QED) is 0.646. The summed E-state index contributed by atoms with van der Waals surface area (Å²) in [6.45, 7) is 6.39. The molecule has 2 amide bonds. The van der Waals surface area contributed by atoms with Crippen LogP contribution in [0.2, 0.25) is 0 Å². The van der Waals surface area contributed by atoms with Crippen LogP contribution in [0.15, 0.2) is 59.8 Å². The Balaban J connectivity index is 1.90. The first-order chi connectivity index (χ1) is 14.5. The van der Waals surface area contributed by atoms with E-state index >= 15 is 0 Å². The van der Waals surface area contributed by atoms with E-state index in [1.54, 1.807) is 26.0 Å². The number of rotatable bonds is 8. The van der Waals surface area contributed by atoms with Crippen LogP contribution in [0.3, 0.4) is 0 Å². The summed E-state index contributed by atoms with van der Waals surface area (Å²) in [5.74, 6) is 0.650. The van der Waals surface area contributed by atoms with Crippen molar-refractivity contribution in [2.24, 2.45) is 0 Å². The van der Waals surface area contributed by atoms with Gasteiger partial charge in [0.15, 0.2) is 11.5 Å². The molecule has 0 aliphatic carbocycles. The second-order valence-corrected chi connectivity index (χ2v) is 6.70. The van der Waals surface area contributed by atoms with Crippen molar-refractivity contribution in [2.45, 2.75) is 33.4 Å². The molecule has 7 nitrogen and oxygen atoms in total. The molecule has 0 saturated carbocycles. The minimum Gasteiger partial charge on any atom is -0.490 e. The molecule has 0 unspecified atom stereocenters. The Morgan fingerprint density at radius 3 is 2.47 bits per heavy atom. The third kappa shape index (κ3) is 4.92. The van der Waals surface area contributed by atoms with Gasteiger partial charge in [-0.05, 0) is 44.0 Å². The van der Waals surface area contributed by atoms with Gasteiger partial charge in [0.25, 0.3) is 0 Å². The van der Waals surface area contributed by atoms with Crippen molar-refractivity contribution in [3.8, 4) is 11.5 Å². The number of carbonyl (C=O) groups excluding carboxylic acids is 2. The van der Waals surface area contributed by atoms with Crippen LogP contribution < -0.4 is 20.1 Å². The van der Waals surface area contributed by atoms with Crippen LogP contribution in [0.5, 0.6) is 11.5 Å². The van der Waals surface area contributed by atoms with Crippen molar-refractivity contribution in [3.63, 3.8) is 0 Å². The molecule has 1 aliphatic heterocycles. The predicted octanol–water partition coefficient (Wildman–Crippen LogP) is 3.86. The normalized spacial score (nSPS) is 15.8. The van der Waals surface area contributed by atoms with Crippen molar-refractivity contribution >= 4 is 12.0 Å². The van der Waals surface area contributed by atoms with Gasteiger partial charge in [-0.2, -0.15) is 0 Å². The highest BCUT2D eigenvalue weighted by atomic mass is 16.5. The number of amides is 2. The van der Waals surface area contributed by atoms with Crippen molar-refractivity contribution < 1.29 is 23.8 Å². The lowest BCUT2D eigenvalue weighted by molar-refractivity contribution is -0.139. The minimum absolute atomic E-state index is 0.243. The summed E-state index contributed by atoms with van der Waals surface area (Å²) in [7, 11) is 0. The zero-order chi connectivity index (χ0) is 21.5. The van der Waals surface area contributed by atoms with Crippen LogP contribution in [0, 0.1) is 0 Å². The lowest BCUT2D eigenvalue weighted by Crippen LogP contribution is -2.45. The zero-order valence-electron chi connectivity index (χ0n) is 17.4. The summed E-state index contributed by atoms with van der Waals surface area (Å²) >= 11 is 0.